The molecule has 7 nitrogen and oxygen atoms in total. The third-order valence-corrected chi connectivity index (χ3v) is 8.22. The van der Waals surface area contributed by atoms with Crippen LogP contribution in [-0.2, 0) is 22.6 Å². The normalized spacial score (nSPS) is 19.1. The molecule has 0 aliphatic carbocycles. The molecular formula is C30H33N3O4S. The monoisotopic (exact) mass is 531 g/mol. The van der Waals surface area contributed by atoms with Crippen molar-refractivity contribution < 1.29 is 19.1 Å². The van der Waals surface area contributed by atoms with E-state index in [9.17, 15) is 14.4 Å². The molecule has 2 fully saturated rings. The summed E-state index contributed by atoms with van der Waals surface area (Å²) in [5.41, 5.74) is 2.99. The molecule has 3 aromatic rings. The zero-order valence-corrected chi connectivity index (χ0v) is 22.7. The number of ether oxygens (including phenoxy) is 1. The molecule has 0 bridgehead atoms. The number of nitrogens with zero attached hydrogens (tertiary/aromatic N) is 3. The fraction of sp³-hybridized carbons (Fsp3) is 0.367. The van der Waals surface area contributed by atoms with Crippen molar-refractivity contribution in [1.29, 1.82) is 0 Å². The minimum Gasteiger partial charge on any atom is -0.492 e. The van der Waals surface area contributed by atoms with Crippen molar-refractivity contribution in [3.63, 3.8) is 0 Å². The SMILES string of the molecule is CCc1cccc2c(/C=C3\SC(=O)N(CCOc4ccccc4)C3=O)cn(CC(=O)N3CCCC[C@@H]3C)c12. The summed E-state index contributed by atoms with van der Waals surface area (Å²) in [6, 6.07) is 15.7. The second-order valence-corrected chi connectivity index (χ2v) is 10.8. The molecule has 3 amide bonds. The van der Waals surface area contributed by atoms with Gasteiger partial charge in [-0.3, -0.25) is 19.3 Å². The molecule has 0 N–H and O–H groups in total. The van der Waals surface area contributed by atoms with Crippen LogP contribution in [0.5, 0.6) is 5.75 Å². The van der Waals surface area contributed by atoms with Gasteiger partial charge in [0, 0.05) is 29.7 Å². The lowest BCUT2D eigenvalue weighted by atomic mass is 10.0. The van der Waals surface area contributed by atoms with Crippen LogP contribution in [0, 0.1) is 0 Å². The van der Waals surface area contributed by atoms with Crippen LogP contribution < -0.4 is 4.74 Å². The van der Waals surface area contributed by atoms with Gasteiger partial charge in [0.2, 0.25) is 5.91 Å². The molecule has 0 radical (unpaired) electrons. The van der Waals surface area contributed by atoms with E-state index in [0.717, 1.165) is 66.0 Å². The molecule has 1 aromatic heterocycles. The molecule has 2 aliphatic heterocycles. The number of likely N-dealkylation sites (tertiary alicyclic amines) is 1. The van der Waals surface area contributed by atoms with E-state index >= 15 is 0 Å². The molecule has 0 spiro atoms. The predicted octanol–water partition coefficient (Wildman–Crippen LogP) is 5.72. The molecule has 198 valence electrons. The molecule has 38 heavy (non-hydrogen) atoms. The van der Waals surface area contributed by atoms with Gasteiger partial charge in [-0.15, -0.1) is 0 Å². The van der Waals surface area contributed by atoms with E-state index in [-0.39, 0.29) is 42.8 Å². The Labute approximate surface area is 227 Å². The van der Waals surface area contributed by atoms with Crippen LogP contribution in [0.4, 0.5) is 4.79 Å². The molecule has 2 saturated heterocycles. The molecule has 2 aliphatic rings. The van der Waals surface area contributed by atoms with E-state index < -0.39 is 0 Å². The number of imide groups is 1. The van der Waals surface area contributed by atoms with Crippen LogP contribution in [-0.4, -0.2) is 57.2 Å². The van der Waals surface area contributed by atoms with E-state index in [0.29, 0.717) is 10.7 Å². The van der Waals surface area contributed by atoms with Crippen LogP contribution in [0.15, 0.2) is 59.6 Å². The first kappa shape index (κ1) is 26.1. The van der Waals surface area contributed by atoms with Crippen molar-refractivity contribution in [2.24, 2.45) is 0 Å². The summed E-state index contributed by atoms with van der Waals surface area (Å²) in [6.07, 6.45) is 7.80. The van der Waals surface area contributed by atoms with E-state index in [4.69, 9.17) is 4.74 Å². The number of rotatable bonds is 8. The average molecular weight is 532 g/mol. The molecular weight excluding hydrogens is 498 g/mol. The van der Waals surface area contributed by atoms with Crippen molar-refractivity contribution in [3.05, 3.63) is 70.8 Å². The second-order valence-electron chi connectivity index (χ2n) is 9.81. The van der Waals surface area contributed by atoms with Crippen LogP contribution in [0.2, 0.25) is 0 Å². The van der Waals surface area contributed by atoms with Gasteiger partial charge in [-0.2, -0.15) is 0 Å². The number of hydrogen-bond acceptors (Lipinski definition) is 5. The molecule has 5 rings (SSSR count). The van der Waals surface area contributed by atoms with Gasteiger partial charge in [0.1, 0.15) is 18.9 Å². The van der Waals surface area contributed by atoms with Gasteiger partial charge in [0.05, 0.1) is 17.0 Å². The molecule has 1 atom stereocenters. The maximum absolute atomic E-state index is 13.3. The Morgan fingerprint density at radius 3 is 2.68 bits per heavy atom. The number of amides is 3. The van der Waals surface area contributed by atoms with E-state index in [1.54, 1.807) is 6.08 Å². The van der Waals surface area contributed by atoms with Crippen LogP contribution in [0.3, 0.4) is 0 Å². The summed E-state index contributed by atoms with van der Waals surface area (Å²) >= 11 is 0.946. The summed E-state index contributed by atoms with van der Waals surface area (Å²) < 4.78 is 7.70. The van der Waals surface area contributed by atoms with Gasteiger partial charge in [0.25, 0.3) is 11.1 Å². The molecule has 0 unspecified atom stereocenters. The van der Waals surface area contributed by atoms with Gasteiger partial charge in [-0.05, 0) is 68.1 Å². The second kappa shape index (κ2) is 11.5. The van der Waals surface area contributed by atoms with Crippen LogP contribution in [0.25, 0.3) is 17.0 Å². The smallest absolute Gasteiger partial charge is 0.293 e. The van der Waals surface area contributed by atoms with Crippen molar-refractivity contribution in [1.82, 2.24) is 14.4 Å². The maximum Gasteiger partial charge on any atom is 0.293 e. The highest BCUT2D eigenvalue weighted by Gasteiger charge is 2.35. The third kappa shape index (κ3) is 5.36. The van der Waals surface area contributed by atoms with E-state index in [1.165, 1.54) is 4.90 Å². The van der Waals surface area contributed by atoms with Crippen LogP contribution in [0.1, 0.15) is 44.2 Å². The van der Waals surface area contributed by atoms with E-state index in [1.807, 2.05) is 58.1 Å². The molecule has 0 saturated carbocycles. The first-order valence-electron chi connectivity index (χ1n) is 13.3. The zero-order chi connectivity index (χ0) is 26.6. The number of hydrogen-bond donors (Lipinski definition) is 0. The predicted molar refractivity (Wildman–Crippen MR) is 151 cm³/mol. The lowest BCUT2D eigenvalue weighted by Gasteiger charge is -2.33. The Morgan fingerprint density at radius 1 is 1.11 bits per heavy atom. The summed E-state index contributed by atoms with van der Waals surface area (Å²) in [6.45, 7) is 5.68. The summed E-state index contributed by atoms with van der Waals surface area (Å²) in [5, 5.41) is 0.674. The number of thioether (sulfide) groups is 1. The molecule has 8 heteroatoms. The number of fused-ring (bicyclic) bond motifs is 1. The number of carbonyl (C=O) groups is 3. The summed E-state index contributed by atoms with van der Waals surface area (Å²) in [4.78, 5) is 42.7. The molecule has 3 heterocycles. The fourth-order valence-electron chi connectivity index (χ4n) is 5.30. The minimum absolute atomic E-state index is 0.116. The molecule has 2 aromatic carbocycles. The van der Waals surface area contributed by atoms with E-state index in [2.05, 4.69) is 19.9 Å². The van der Waals surface area contributed by atoms with Gasteiger partial charge >= 0.3 is 0 Å². The third-order valence-electron chi connectivity index (χ3n) is 7.31. The standard InChI is InChI=1S/C30H33N3O4S/c1-3-22-11-9-14-25-23(19-31(28(22)25)20-27(34)32-15-8-7-10-21(32)2)18-26-29(35)33(30(36)38-26)16-17-37-24-12-5-4-6-13-24/h4-6,9,11-14,18-19,21H,3,7-8,10,15-17,20H2,1-2H3/b26-18-/t21-/m0/s1. The highest BCUT2D eigenvalue weighted by molar-refractivity contribution is 8.18. The van der Waals surface area contributed by atoms with Gasteiger partial charge in [-0.1, -0.05) is 43.3 Å². The van der Waals surface area contributed by atoms with Crippen LogP contribution >= 0.6 is 11.8 Å². The first-order valence-corrected chi connectivity index (χ1v) is 14.1. The number of aromatic nitrogens is 1. The van der Waals surface area contributed by atoms with Crippen molar-refractivity contribution in [2.75, 3.05) is 19.7 Å². The minimum atomic E-state index is -0.317. The largest absolute Gasteiger partial charge is 0.492 e. The Hall–Kier alpha value is -3.52. The Kier molecular flexibility index (Phi) is 7.88. The highest BCUT2D eigenvalue weighted by atomic mass is 32.2. The fourth-order valence-corrected chi connectivity index (χ4v) is 6.16. The van der Waals surface area contributed by atoms with Crippen molar-refractivity contribution >= 4 is 45.8 Å². The van der Waals surface area contributed by atoms with Crippen molar-refractivity contribution in [2.45, 2.75) is 52.1 Å². The summed E-state index contributed by atoms with van der Waals surface area (Å²) in [7, 11) is 0. The lowest BCUT2D eigenvalue weighted by molar-refractivity contribution is -0.135. The topological polar surface area (TPSA) is 71.8 Å². The number of aryl methyl sites for hydroxylation is 1. The average Bonchev–Trinajstić information content (AvgIpc) is 3.41. The van der Waals surface area contributed by atoms with Gasteiger partial charge in [0.15, 0.2) is 0 Å². The number of benzene rings is 2. The Bertz CT molecular complexity index is 1380. The number of piperidine rings is 1. The Morgan fingerprint density at radius 2 is 1.92 bits per heavy atom. The summed E-state index contributed by atoms with van der Waals surface area (Å²) in [5.74, 6) is 0.496. The highest BCUT2D eigenvalue weighted by Crippen LogP contribution is 2.35. The first-order chi connectivity index (χ1) is 18.5. The maximum atomic E-state index is 13.3. The number of para-hydroxylation sites is 2. The van der Waals surface area contributed by atoms with Gasteiger partial charge in [-0.25, -0.2) is 0 Å². The van der Waals surface area contributed by atoms with Crippen molar-refractivity contribution in [3.8, 4) is 5.75 Å². The zero-order valence-electron chi connectivity index (χ0n) is 21.9. The van der Waals surface area contributed by atoms with Gasteiger partial charge < -0.3 is 14.2 Å². The number of carbonyl (C=O) groups excluding carboxylic acids is 3. The Balaban J connectivity index is 1.38. The quantitative estimate of drug-likeness (QED) is 0.348. The lowest BCUT2D eigenvalue weighted by Crippen LogP contribution is -2.43.